The van der Waals surface area contributed by atoms with Gasteiger partial charge in [-0.1, -0.05) is 41.1 Å². The van der Waals surface area contributed by atoms with E-state index in [0.29, 0.717) is 23.6 Å². The molecule has 4 aromatic rings. The number of carbonyl (C=O) groups is 1. The molecule has 0 atom stereocenters. The molecule has 1 aromatic heterocycles. The van der Waals surface area contributed by atoms with E-state index in [9.17, 15) is 17.6 Å². The van der Waals surface area contributed by atoms with Crippen molar-refractivity contribution in [3.8, 4) is 0 Å². The second-order valence-corrected chi connectivity index (χ2v) is 11.9. The first kappa shape index (κ1) is 26.4. The molecule has 5 rings (SSSR count). The highest BCUT2D eigenvalue weighted by atomic mass is 35.5. The Labute approximate surface area is 229 Å². The SMILES string of the molecule is O=C(NCCN1CCN(c2nc3c(F)cccc3s2)CC1)c1ccccc1NS(=O)(=O)c1ccc(Cl)cc1. The molecule has 0 bridgehead atoms. The van der Waals surface area contributed by atoms with E-state index in [1.807, 2.05) is 6.07 Å². The van der Waals surface area contributed by atoms with E-state index in [4.69, 9.17) is 11.6 Å². The zero-order valence-electron chi connectivity index (χ0n) is 20.2. The van der Waals surface area contributed by atoms with E-state index in [0.717, 1.165) is 36.0 Å². The molecule has 198 valence electrons. The fraction of sp³-hybridized carbons (Fsp3) is 0.231. The highest BCUT2D eigenvalue weighted by Gasteiger charge is 2.22. The number of halogens is 2. The Kier molecular flexibility index (Phi) is 7.80. The van der Waals surface area contributed by atoms with Gasteiger partial charge >= 0.3 is 0 Å². The summed E-state index contributed by atoms with van der Waals surface area (Å²) >= 11 is 7.35. The van der Waals surface area contributed by atoms with E-state index in [2.05, 4.69) is 24.8 Å². The van der Waals surface area contributed by atoms with E-state index < -0.39 is 10.0 Å². The molecule has 0 unspecified atom stereocenters. The summed E-state index contributed by atoms with van der Waals surface area (Å²) in [4.78, 5) is 21.8. The molecule has 1 fully saturated rings. The Bertz CT molecular complexity index is 1550. The van der Waals surface area contributed by atoms with Gasteiger partial charge in [-0.25, -0.2) is 17.8 Å². The van der Waals surface area contributed by atoms with Crippen molar-refractivity contribution in [1.82, 2.24) is 15.2 Å². The van der Waals surface area contributed by atoms with E-state index in [-0.39, 0.29) is 27.9 Å². The second-order valence-electron chi connectivity index (χ2n) is 8.77. The molecule has 0 saturated carbocycles. The van der Waals surface area contributed by atoms with Gasteiger partial charge in [-0.3, -0.25) is 14.4 Å². The number of fused-ring (bicyclic) bond motifs is 1. The summed E-state index contributed by atoms with van der Waals surface area (Å²) < 4.78 is 42.9. The first-order valence-corrected chi connectivity index (χ1v) is 14.7. The number of hydrogen-bond donors (Lipinski definition) is 2. The summed E-state index contributed by atoms with van der Waals surface area (Å²) in [5.41, 5.74) is 0.840. The molecule has 0 radical (unpaired) electrons. The van der Waals surface area contributed by atoms with Gasteiger partial charge in [-0.15, -0.1) is 0 Å². The predicted octanol–water partition coefficient (Wildman–Crippen LogP) is 4.44. The van der Waals surface area contributed by atoms with Gasteiger partial charge in [0, 0.05) is 44.3 Å². The fourth-order valence-corrected chi connectivity index (χ4v) is 6.45. The molecular weight excluding hydrogens is 549 g/mol. The third-order valence-corrected chi connectivity index (χ3v) is 8.97. The smallest absolute Gasteiger partial charge is 0.261 e. The molecule has 1 aliphatic heterocycles. The molecule has 1 amide bonds. The summed E-state index contributed by atoms with van der Waals surface area (Å²) in [5.74, 6) is -0.673. The van der Waals surface area contributed by atoms with Crippen LogP contribution in [0.25, 0.3) is 10.2 Å². The second kappa shape index (κ2) is 11.2. The van der Waals surface area contributed by atoms with Crippen LogP contribution in [0.15, 0.2) is 71.6 Å². The van der Waals surface area contributed by atoms with Crippen molar-refractivity contribution in [1.29, 1.82) is 0 Å². The predicted molar refractivity (Wildman–Crippen MR) is 149 cm³/mol. The fourth-order valence-electron chi connectivity index (χ4n) is 4.21. The van der Waals surface area contributed by atoms with Gasteiger partial charge in [0.25, 0.3) is 15.9 Å². The minimum absolute atomic E-state index is 0.0484. The lowest BCUT2D eigenvalue weighted by atomic mass is 10.1. The number of benzene rings is 3. The minimum atomic E-state index is -3.89. The Morgan fingerprint density at radius 3 is 2.47 bits per heavy atom. The molecular formula is C26H25ClFN5O3S2. The number of aromatic nitrogens is 1. The largest absolute Gasteiger partial charge is 0.351 e. The van der Waals surface area contributed by atoms with Crippen LogP contribution >= 0.6 is 22.9 Å². The van der Waals surface area contributed by atoms with Crippen molar-refractivity contribution in [3.63, 3.8) is 0 Å². The molecule has 1 aliphatic rings. The van der Waals surface area contributed by atoms with Crippen LogP contribution in [0.4, 0.5) is 15.2 Å². The standard InChI is InChI=1S/C26H25ClFN5O3S2/c27-18-8-10-19(11-9-18)38(35,36)31-22-6-2-1-4-20(22)25(34)29-12-13-32-14-16-33(17-15-32)26-30-24-21(28)5-3-7-23(24)37-26/h1-11,31H,12-17H2,(H,29,34). The lowest BCUT2D eigenvalue weighted by Crippen LogP contribution is -2.48. The molecule has 0 spiro atoms. The summed E-state index contributed by atoms with van der Waals surface area (Å²) in [6.07, 6.45) is 0. The zero-order valence-corrected chi connectivity index (χ0v) is 22.6. The number of amides is 1. The maximum Gasteiger partial charge on any atom is 0.261 e. The average Bonchev–Trinajstić information content (AvgIpc) is 3.35. The molecule has 38 heavy (non-hydrogen) atoms. The van der Waals surface area contributed by atoms with E-state index in [1.54, 1.807) is 30.3 Å². The molecule has 2 N–H and O–H groups in total. The first-order chi connectivity index (χ1) is 18.3. The van der Waals surface area contributed by atoms with E-state index >= 15 is 0 Å². The molecule has 12 heteroatoms. The van der Waals surface area contributed by atoms with Crippen molar-refractivity contribution in [2.45, 2.75) is 4.90 Å². The highest BCUT2D eigenvalue weighted by molar-refractivity contribution is 7.92. The van der Waals surface area contributed by atoms with Crippen molar-refractivity contribution in [3.05, 3.63) is 83.1 Å². The summed E-state index contributed by atoms with van der Waals surface area (Å²) in [6, 6.07) is 17.3. The lowest BCUT2D eigenvalue weighted by molar-refractivity contribution is 0.0948. The van der Waals surface area contributed by atoms with Crippen LogP contribution in [0.1, 0.15) is 10.4 Å². The number of piperazine rings is 1. The Hall–Kier alpha value is -3.25. The third-order valence-electron chi connectivity index (χ3n) is 6.25. The number of para-hydroxylation sites is 2. The summed E-state index contributed by atoms with van der Waals surface area (Å²) in [7, 11) is -3.89. The van der Waals surface area contributed by atoms with Gasteiger partial charge in [0.05, 0.1) is 20.8 Å². The average molecular weight is 574 g/mol. The van der Waals surface area contributed by atoms with Crippen LogP contribution < -0.4 is 14.9 Å². The van der Waals surface area contributed by atoms with Crippen molar-refractivity contribution in [2.75, 3.05) is 48.9 Å². The zero-order chi connectivity index (χ0) is 26.7. The van der Waals surface area contributed by atoms with Crippen LogP contribution in [-0.4, -0.2) is 63.5 Å². The number of nitrogens with one attached hydrogen (secondary N) is 2. The normalized spacial score (nSPS) is 14.5. The summed E-state index contributed by atoms with van der Waals surface area (Å²) in [6.45, 7) is 4.13. The van der Waals surface area contributed by atoms with Gasteiger partial charge in [-0.05, 0) is 48.5 Å². The Morgan fingerprint density at radius 2 is 1.74 bits per heavy atom. The highest BCUT2D eigenvalue weighted by Crippen LogP contribution is 2.30. The minimum Gasteiger partial charge on any atom is -0.351 e. The van der Waals surface area contributed by atoms with Crippen LogP contribution in [0.2, 0.25) is 5.02 Å². The van der Waals surface area contributed by atoms with Gasteiger partial charge in [0.1, 0.15) is 11.3 Å². The van der Waals surface area contributed by atoms with Crippen LogP contribution in [0.5, 0.6) is 0 Å². The summed E-state index contributed by atoms with van der Waals surface area (Å²) in [5, 5.41) is 4.13. The molecule has 1 saturated heterocycles. The monoisotopic (exact) mass is 573 g/mol. The van der Waals surface area contributed by atoms with Gasteiger partial charge in [0.15, 0.2) is 5.13 Å². The molecule has 3 aromatic carbocycles. The number of anilines is 2. The topological polar surface area (TPSA) is 94.6 Å². The number of rotatable bonds is 8. The number of nitrogens with zero attached hydrogens (tertiary/aromatic N) is 3. The van der Waals surface area contributed by atoms with Gasteiger partial charge in [-0.2, -0.15) is 0 Å². The van der Waals surface area contributed by atoms with Crippen LogP contribution in [0.3, 0.4) is 0 Å². The number of thiazole rings is 1. The molecule has 0 aliphatic carbocycles. The van der Waals surface area contributed by atoms with Crippen LogP contribution in [0, 0.1) is 5.82 Å². The van der Waals surface area contributed by atoms with E-state index in [1.165, 1.54) is 41.7 Å². The lowest BCUT2D eigenvalue weighted by Gasteiger charge is -2.34. The number of hydrogen-bond acceptors (Lipinski definition) is 7. The Morgan fingerprint density at radius 1 is 1.00 bits per heavy atom. The van der Waals surface area contributed by atoms with Gasteiger partial charge < -0.3 is 10.2 Å². The Balaban J connectivity index is 1.14. The number of sulfonamides is 1. The van der Waals surface area contributed by atoms with Crippen molar-refractivity contribution in [2.24, 2.45) is 0 Å². The third kappa shape index (κ3) is 5.91. The molecule has 2 heterocycles. The first-order valence-electron chi connectivity index (χ1n) is 12.0. The number of carbonyl (C=O) groups excluding carboxylic acids is 1. The van der Waals surface area contributed by atoms with Crippen LogP contribution in [-0.2, 0) is 10.0 Å². The van der Waals surface area contributed by atoms with Crippen molar-refractivity contribution < 1.29 is 17.6 Å². The molecule has 8 nitrogen and oxygen atoms in total. The maximum atomic E-state index is 14.0. The van der Waals surface area contributed by atoms with Crippen molar-refractivity contribution >= 4 is 59.9 Å². The quantitative estimate of drug-likeness (QED) is 0.324. The maximum absolute atomic E-state index is 14.0. The van der Waals surface area contributed by atoms with Gasteiger partial charge in [0.2, 0.25) is 0 Å².